The van der Waals surface area contributed by atoms with Gasteiger partial charge in [0.15, 0.2) is 0 Å². The number of aromatic amines is 1. The maximum Gasteiger partial charge on any atom is 0.255 e. The number of aromatic nitrogens is 1. The molecule has 4 atom stereocenters. The van der Waals surface area contributed by atoms with E-state index in [0.29, 0.717) is 28.0 Å². The molecule has 1 aliphatic carbocycles. The number of thioether (sulfide) groups is 1. The Morgan fingerprint density at radius 3 is 2.74 bits per heavy atom. The van der Waals surface area contributed by atoms with Gasteiger partial charge in [0.25, 0.3) is 5.56 Å². The van der Waals surface area contributed by atoms with Crippen LogP contribution in [0.1, 0.15) is 12.8 Å². The van der Waals surface area contributed by atoms with E-state index in [1.54, 1.807) is 12.3 Å². The summed E-state index contributed by atoms with van der Waals surface area (Å²) < 4.78 is 6.34. The summed E-state index contributed by atoms with van der Waals surface area (Å²) >= 11 is 8.37. The molecule has 2 aromatic rings. The number of hydrogen-bond donors (Lipinski definition) is 2. The topological polar surface area (TPSA) is 68.1 Å². The fourth-order valence-electron chi connectivity index (χ4n) is 3.84. The van der Waals surface area contributed by atoms with Gasteiger partial charge in [0.1, 0.15) is 11.9 Å². The quantitative estimate of drug-likeness (QED) is 0.873. The molecule has 2 bridgehead atoms. The summed E-state index contributed by atoms with van der Waals surface area (Å²) in [6.07, 6.45) is 3.85. The lowest BCUT2D eigenvalue weighted by Gasteiger charge is -2.44. The molecule has 3 N–H and O–H groups in total. The van der Waals surface area contributed by atoms with Crippen molar-refractivity contribution < 1.29 is 4.74 Å². The molecular weight excluding hydrogens is 332 g/mol. The first-order valence-electron chi connectivity index (χ1n) is 7.93. The summed E-state index contributed by atoms with van der Waals surface area (Å²) in [5.74, 6) is 3.83. The average Bonchev–Trinajstić information content (AvgIpc) is 2.50. The first-order valence-corrected chi connectivity index (χ1v) is 9.46. The zero-order chi connectivity index (χ0) is 16.0. The molecular formula is C17H19ClN2O2S. The number of hydrogen-bond acceptors (Lipinski definition) is 4. The second kappa shape index (κ2) is 6.04. The maximum absolute atomic E-state index is 11.9. The Morgan fingerprint density at radius 1 is 1.26 bits per heavy atom. The zero-order valence-corrected chi connectivity index (χ0v) is 14.2. The van der Waals surface area contributed by atoms with Gasteiger partial charge in [0.2, 0.25) is 0 Å². The Bertz CT molecular complexity index is 780. The molecule has 0 unspecified atom stereocenters. The second-order valence-electron chi connectivity index (χ2n) is 6.55. The van der Waals surface area contributed by atoms with Crippen molar-refractivity contribution in [3.8, 4) is 5.75 Å². The van der Waals surface area contributed by atoms with Crippen LogP contribution >= 0.6 is 23.4 Å². The molecule has 2 fully saturated rings. The van der Waals surface area contributed by atoms with Crippen molar-refractivity contribution in [1.29, 1.82) is 0 Å². The van der Waals surface area contributed by atoms with Gasteiger partial charge in [0.05, 0.1) is 5.02 Å². The van der Waals surface area contributed by atoms with E-state index in [1.165, 1.54) is 0 Å². The van der Waals surface area contributed by atoms with E-state index in [4.69, 9.17) is 22.1 Å². The normalized spacial score (nSPS) is 30.3. The predicted octanol–water partition coefficient (Wildman–Crippen LogP) is 3.03. The fourth-order valence-corrected chi connectivity index (χ4v) is 5.44. The zero-order valence-electron chi connectivity index (χ0n) is 12.6. The number of halogens is 1. The van der Waals surface area contributed by atoms with Crippen LogP contribution in [0, 0.1) is 11.8 Å². The van der Waals surface area contributed by atoms with Gasteiger partial charge in [-0.25, -0.2) is 0 Å². The molecule has 2 heterocycles. The molecule has 2 aliphatic rings. The van der Waals surface area contributed by atoms with Crippen LogP contribution in [0.2, 0.25) is 5.02 Å². The molecule has 1 aliphatic heterocycles. The number of pyridine rings is 1. The molecule has 0 radical (unpaired) electrons. The van der Waals surface area contributed by atoms with E-state index in [-0.39, 0.29) is 17.7 Å². The van der Waals surface area contributed by atoms with Crippen molar-refractivity contribution in [1.82, 2.24) is 4.98 Å². The van der Waals surface area contributed by atoms with Crippen LogP contribution in [0.4, 0.5) is 0 Å². The van der Waals surface area contributed by atoms with Crippen LogP contribution in [-0.2, 0) is 0 Å². The Morgan fingerprint density at radius 2 is 2.00 bits per heavy atom. The van der Waals surface area contributed by atoms with Crippen molar-refractivity contribution in [3.63, 3.8) is 0 Å². The third-order valence-corrected chi connectivity index (χ3v) is 6.52. The summed E-state index contributed by atoms with van der Waals surface area (Å²) in [6.45, 7) is 0. The second-order valence-corrected chi connectivity index (χ2v) is 8.03. The monoisotopic (exact) mass is 350 g/mol. The first kappa shape index (κ1) is 15.4. The van der Waals surface area contributed by atoms with Gasteiger partial charge in [-0.3, -0.25) is 4.79 Å². The Balaban J connectivity index is 1.67. The smallest absolute Gasteiger partial charge is 0.255 e. The Labute approximate surface area is 143 Å². The SMILES string of the molecule is N[C@H]1C[C@H]2CSC[C@@H](C1)[C@@H]2Oc1cc2cc[nH]c(=O)c2cc1Cl. The lowest BCUT2D eigenvalue weighted by molar-refractivity contribution is 0.0469. The summed E-state index contributed by atoms with van der Waals surface area (Å²) in [5, 5.41) is 1.93. The lowest BCUT2D eigenvalue weighted by Crippen LogP contribution is -2.50. The molecule has 0 spiro atoms. The molecule has 4 rings (SSSR count). The molecule has 1 aromatic heterocycles. The maximum atomic E-state index is 11.9. The largest absolute Gasteiger partial charge is 0.488 e. The Kier molecular flexibility index (Phi) is 4.03. The number of H-pyrrole nitrogens is 1. The summed E-state index contributed by atoms with van der Waals surface area (Å²) in [6, 6.07) is 5.73. The van der Waals surface area contributed by atoms with E-state index in [2.05, 4.69) is 4.98 Å². The van der Waals surface area contributed by atoms with Crippen molar-refractivity contribution in [2.24, 2.45) is 17.6 Å². The fraction of sp³-hybridized carbons (Fsp3) is 0.471. The van der Waals surface area contributed by atoms with Gasteiger partial charge in [-0.2, -0.15) is 11.8 Å². The third-order valence-electron chi connectivity index (χ3n) is 4.89. The molecule has 23 heavy (non-hydrogen) atoms. The first-order chi connectivity index (χ1) is 11.1. The highest BCUT2D eigenvalue weighted by molar-refractivity contribution is 7.99. The summed E-state index contributed by atoms with van der Waals surface area (Å²) in [7, 11) is 0. The highest BCUT2D eigenvalue weighted by Gasteiger charge is 2.41. The van der Waals surface area contributed by atoms with Crippen LogP contribution in [0.5, 0.6) is 5.75 Å². The molecule has 1 aromatic carbocycles. The summed E-state index contributed by atoms with van der Waals surface area (Å²) in [4.78, 5) is 14.5. The van der Waals surface area contributed by atoms with Gasteiger partial charge in [-0.15, -0.1) is 0 Å². The van der Waals surface area contributed by atoms with E-state index in [0.717, 1.165) is 29.7 Å². The van der Waals surface area contributed by atoms with E-state index in [9.17, 15) is 4.79 Å². The number of nitrogens with two attached hydrogens (primary N) is 1. The van der Waals surface area contributed by atoms with Crippen LogP contribution in [0.3, 0.4) is 0 Å². The number of fused-ring (bicyclic) bond motifs is 3. The molecule has 6 heteroatoms. The van der Waals surface area contributed by atoms with Gasteiger partial charge < -0.3 is 15.5 Å². The van der Waals surface area contributed by atoms with E-state index < -0.39 is 0 Å². The molecule has 1 saturated carbocycles. The minimum absolute atomic E-state index is 0.132. The van der Waals surface area contributed by atoms with Crippen LogP contribution < -0.4 is 16.0 Å². The average molecular weight is 351 g/mol. The van der Waals surface area contributed by atoms with Gasteiger partial charge in [-0.1, -0.05) is 11.6 Å². The number of rotatable bonds is 2. The Hall–Kier alpha value is -1.17. The van der Waals surface area contributed by atoms with Crippen LogP contribution in [0.25, 0.3) is 10.8 Å². The molecule has 1 saturated heterocycles. The predicted molar refractivity (Wildman–Crippen MR) is 95.5 cm³/mol. The molecule has 4 nitrogen and oxygen atoms in total. The van der Waals surface area contributed by atoms with Gasteiger partial charge >= 0.3 is 0 Å². The minimum atomic E-state index is -0.132. The molecule has 122 valence electrons. The summed E-state index contributed by atoms with van der Waals surface area (Å²) in [5.41, 5.74) is 6.04. The third kappa shape index (κ3) is 2.86. The van der Waals surface area contributed by atoms with E-state index in [1.807, 2.05) is 23.9 Å². The van der Waals surface area contributed by atoms with Gasteiger partial charge in [0, 0.05) is 29.5 Å². The van der Waals surface area contributed by atoms with Crippen molar-refractivity contribution in [2.75, 3.05) is 11.5 Å². The highest BCUT2D eigenvalue weighted by atomic mass is 35.5. The van der Waals surface area contributed by atoms with Gasteiger partial charge in [-0.05, 0) is 47.9 Å². The van der Waals surface area contributed by atoms with Crippen molar-refractivity contribution in [2.45, 2.75) is 25.0 Å². The van der Waals surface area contributed by atoms with Crippen LogP contribution in [-0.4, -0.2) is 28.6 Å². The van der Waals surface area contributed by atoms with Crippen molar-refractivity contribution >= 4 is 34.1 Å². The van der Waals surface area contributed by atoms with E-state index >= 15 is 0 Å². The number of nitrogens with one attached hydrogen (secondary N) is 1. The lowest BCUT2D eigenvalue weighted by atomic mass is 9.77. The highest BCUT2D eigenvalue weighted by Crippen LogP contribution is 2.41. The number of ether oxygens (including phenoxy) is 1. The molecule has 0 amide bonds. The van der Waals surface area contributed by atoms with Crippen molar-refractivity contribution in [3.05, 3.63) is 39.8 Å². The number of benzene rings is 1. The van der Waals surface area contributed by atoms with Crippen LogP contribution in [0.15, 0.2) is 29.2 Å². The standard InChI is InChI=1S/C17H19ClN2O2S/c18-14-6-13-9(1-2-20-17(13)21)5-15(14)22-16-10-3-12(19)4-11(16)8-23-7-10/h1-2,5-6,10-12,16H,3-4,7-8,19H2,(H,20,21)/t10-,11+,12-,16+. The minimum Gasteiger partial charge on any atom is -0.488 e.